The minimum absolute atomic E-state index is 0.0678. The van der Waals surface area contributed by atoms with E-state index in [0.717, 1.165) is 19.4 Å². The Morgan fingerprint density at radius 2 is 1.65 bits per heavy atom. The number of nitrogens with zero attached hydrogens (tertiary/aromatic N) is 2. The van der Waals surface area contributed by atoms with Crippen molar-refractivity contribution in [1.29, 1.82) is 0 Å². The molecule has 0 aromatic carbocycles. The van der Waals surface area contributed by atoms with Crippen molar-refractivity contribution in [2.24, 2.45) is 0 Å². The molecule has 0 aliphatic carbocycles. The first-order chi connectivity index (χ1) is 9.65. The van der Waals surface area contributed by atoms with E-state index in [9.17, 15) is 0 Å². The number of alkyl halides is 1. The maximum absolute atomic E-state index is 6.35. The van der Waals surface area contributed by atoms with Gasteiger partial charge in [-0.05, 0) is 26.2 Å². The van der Waals surface area contributed by atoms with E-state index in [-0.39, 0.29) is 5.38 Å². The summed E-state index contributed by atoms with van der Waals surface area (Å²) in [5.41, 5.74) is 3.82. The maximum Gasteiger partial charge on any atom is 0.0671 e. The monoisotopic (exact) mass is 298 g/mol. The molecule has 2 nitrogen and oxygen atoms in total. The molecule has 0 bridgehead atoms. The van der Waals surface area contributed by atoms with E-state index in [4.69, 9.17) is 16.7 Å². The molecule has 1 atom stereocenters. The minimum Gasteiger partial charge on any atom is -0.269 e. The van der Waals surface area contributed by atoms with Crippen molar-refractivity contribution in [3.8, 4) is 0 Å². The van der Waals surface area contributed by atoms with Crippen LogP contribution in [0.2, 0.25) is 0 Å². The number of aryl methyl sites for hydroxylation is 2. The third kappa shape index (κ3) is 4.80. The summed E-state index contributed by atoms with van der Waals surface area (Å²) in [6, 6.07) is 0. The van der Waals surface area contributed by atoms with Gasteiger partial charge in [-0.2, -0.15) is 5.10 Å². The molecule has 0 spiro atoms. The van der Waals surface area contributed by atoms with Gasteiger partial charge >= 0.3 is 0 Å². The number of aromatic nitrogens is 2. The molecular weight excluding hydrogens is 268 g/mol. The predicted molar refractivity (Wildman–Crippen MR) is 88.6 cm³/mol. The summed E-state index contributed by atoms with van der Waals surface area (Å²) in [6.45, 7) is 9.74. The quantitative estimate of drug-likeness (QED) is 0.402. The summed E-state index contributed by atoms with van der Waals surface area (Å²) in [5.74, 6) is 0. The summed E-state index contributed by atoms with van der Waals surface area (Å²) in [7, 11) is 0. The molecule has 1 unspecified atom stereocenters. The molecular formula is C17H31ClN2. The number of rotatable bonds is 10. The zero-order valence-corrected chi connectivity index (χ0v) is 14.5. The van der Waals surface area contributed by atoms with Crippen LogP contribution in [0.5, 0.6) is 0 Å². The molecule has 0 saturated heterocycles. The molecule has 1 heterocycles. The number of unbranched alkanes of at least 4 members (excludes halogenated alkanes) is 5. The van der Waals surface area contributed by atoms with Crippen LogP contribution in [0.3, 0.4) is 0 Å². The molecule has 0 N–H and O–H groups in total. The van der Waals surface area contributed by atoms with Crippen LogP contribution in [-0.4, -0.2) is 9.78 Å². The summed E-state index contributed by atoms with van der Waals surface area (Å²) in [6.07, 6.45) is 9.97. The van der Waals surface area contributed by atoms with E-state index in [1.807, 2.05) is 0 Å². The number of halogens is 1. The Hall–Kier alpha value is -0.500. The van der Waals surface area contributed by atoms with Gasteiger partial charge in [0.1, 0.15) is 0 Å². The third-order valence-electron chi connectivity index (χ3n) is 3.97. The molecule has 0 aliphatic heterocycles. The molecule has 0 saturated carbocycles. The second kappa shape index (κ2) is 9.44. The lowest BCUT2D eigenvalue weighted by molar-refractivity contribution is 0.511. The molecule has 3 heteroatoms. The molecule has 0 radical (unpaired) electrons. The number of hydrogen-bond acceptors (Lipinski definition) is 1. The third-order valence-corrected chi connectivity index (χ3v) is 4.18. The second-order valence-corrected chi connectivity index (χ2v) is 6.28. The van der Waals surface area contributed by atoms with Crippen LogP contribution in [0.4, 0.5) is 0 Å². The Labute approximate surface area is 129 Å². The van der Waals surface area contributed by atoms with Gasteiger partial charge in [0, 0.05) is 17.8 Å². The van der Waals surface area contributed by atoms with E-state index >= 15 is 0 Å². The average Bonchev–Trinajstić information content (AvgIpc) is 2.80. The van der Waals surface area contributed by atoms with Gasteiger partial charge in [-0.15, -0.1) is 11.6 Å². The first kappa shape index (κ1) is 17.6. The molecule has 20 heavy (non-hydrogen) atoms. The van der Waals surface area contributed by atoms with Crippen LogP contribution in [0.1, 0.15) is 88.5 Å². The van der Waals surface area contributed by atoms with Crippen LogP contribution in [0.15, 0.2) is 0 Å². The van der Waals surface area contributed by atoms with Gasteiger partial charge in [0.05, 0.1) is 11.1 Å². The SMILES string of the molecule is CCCCCCCCn1nc(CC)c(C(C)Cl)c1CC. The highest BCUT2D eigenvalue weighted by atomic mass is 35.5. The highest BCUT2D eigenvalue weighted by Gasteiger charge is 2.18. The molecule has 1 aromatic heterocycles. The summed E-state index contributed by atoms with van der Waals surface area (Å²) in [4.78, 5) is 0. The predicted octanol–water partition coefficient (Wildman–Crippen LogP) is 5.67. The zero-order chi connectivity index (χ0) is 15.0. The first-order valence-electron chi connectivity index (χ1n) is 8.38. The fourth-order valence-corrected chi connectivity index (χ4v) is 3.14. The average molecular weight is 299 g/mol. The zero-order valence-electron chi connectivity index (χ0n) is 13.7. The fourth-order valence-electron chi connectivity index (χ4n) is 2.89. The number of hydrogen-bond donors (Lipinski definition) is 0. The summed E-state index contributed by atoms with van der Waals surface area (Å²) < 4.78 is 2.22. The highest BCUT2D eigenvalue weighted by Crippen LogP contribution is 2.28. The Morgan fingerprint density at radius 3 is 2.20 bits per heavy atom. The Morgan fingerprint density at radius 1 is 1.00 bits per heavy atom. The van der Waals surface area contributed by atoms with Crippen LogP contribution >= 0.6 is 11.6 Å². The fraction of sp³-hybridized carbons (Fsp3) is 0.824. The van der Waals surface area contributed by atoms with Crippen LogP contribution in [0, 0.1) is 0 Å². The Balaban J connectivity index is 2.61. The van der Waals surface area contributed by atoms with Crippen molar-refractivity contribution < 1.29 is 0 Å². The minimum atomic E-state index is 0.0678. The molecule has 1 aromatic rings. The van der Waals surface area contributed by atoms with Crippen molar-refractivity contribution in [2.75, 3.05) is 0 Å². The lowest BCUT2D eigenvalue weighted by Gasteiger charge is -2.09. The van der Waals surface area contributed by atoms with E-state index in [0.29, 0.717) is 0 Å². The molecule has 1 rings (SSSR count). The van der Waals surface area contributed by atoms with Gasteiger partial charge in [-0.3, -0.25) is 4.68 Å². The molecule has 0 fully saturated rings. The topological polar surface area (TPSA) is 17.8 Å². The molecule has 116 valence electrons. The van der Waals surface area contributed by atoms with E-state index < -0.39 is 0 Å². The largest absolute Gasteiger partial charge is 0.269 e. The van der Waals surface area contributed by atoms with Gasteiger partial charge in [0.25, 0.3) is 0 Å². The first-order valence-corrected chi connectivity index (χ1v) is 8.81. The van der Waals surface area contributed by atoms with Crippen molar-refractivity contribution >= 4 is 11.6 Å². The van der Waals surface area contributed by atoms with Gasteiger partial charge < -0.3 is 0 Å². The van der Waals surface area contributed by atoms with E-state index in [1.54, 1.807) is 0 Å². The second-order valence-electron chi connectivity index (χ2n) is 5.62. The Bertz CT molecular complexity index is 383. The van der Waals surface area contributed by atoms with Crippen molar-refractivity contribution in [2.45, 2.75) is 91.0 Å². The van der Waals surface area contributed by atoms with E-state index in [2.05, 4.69) is 32.4 Å². The van der Waals surface area contributed by atoms with Crippen molar-refractivity contribution in [1.82, 2.24) is 9.78 Å². The maximum atomic E-state index is 6.35. The standard InChI is InChI=1S/C17H31ClN2/c1-5-8-9-10-11-12-13-20-16(7-3)17(14(4)18)15(6-2)19-20/h14H,5-13H2,1-4H3. The smallest absolute Gasteiger partial charge is 0.0671 e. The van der Waals surface area contributed by atoms with Gasteiger partial charge in [-0.25, -0.2) is 0 Å². The summed E-state index contributed by atoms with van der Waals surface area (Å²) >= 11 is 6.35. The molecule has 0 amide bonds. The normalized spacial score (nSPS) is 12.8. The Kier molecular flexibility index (Phi) is 8.28. The highest BCUT2D eigenvalue weighted by molar-refractivity contribution is 6.20. The van der Waals surface area contributed by atoms with Crippen molar-refractivity contribution in [3.05, 3.63) is 17.0 Å². The van der Waals surface area contributed by atoms with Gasteiger partial charge in [0.2, 0.25) is 0 Å². The van der Waals surface area contributed by atoms with Crippen molar-refractivity contribution in [3.63, 3.8) is 0 Å². The molecule has 0 aliphatic rings. The van der Waals surface area contributed by atoms with Gasteiger partial charge in [0.15, 0.2) is 0 Å². The van der Waals surface area contributed by atoms with Gasteiger partial charge in [-0.1, -0.05) is 52.9 Å². The van der Waals surface area contributed by atoms with Crippen LogP contribution < -0.4 is 0 Å². The van der Waals surface area contributed by atoms with E-state index in [1.165, 1.54) is 55.5 Å². The van der Waals surface area contributed by atoms with Crippen LogP contribution in [0.25, 0.3) is 0 Å². The summed E-state index contributed by atoms with van der Waals surface area (Å²) in [5, 5.41) is 4.85. The lowest BCUT2D eigenvalue weighted by Crippen LogP contribution is -2.06. The van der Waals surface area contributed by atoms with Crippen LogP contribution in [-0.2, 0) is 19.4 Å². The lowest BCUT2D eigenvalue weighted by atomic mass is 10.1.